The van der Waals surface area contributed by atoms with E-state index in [4.69, 9.17) is 5.26 Å². The lowest BCUT2D eigenvalue weighted by molar-refractivity contribution is -0.137. The van der Waals surface area contributed by atoms with Crippen LogP contribution in [0.2, 0.25) is 0 Å². The van der Waals surface area contributed by atoms with Gasteiger partial charge in [0, 0.05) is 12.8 Å². The standard InChI is InChI=1S/C11H10F3N2S2/c1-16(6-5-15)18-17-8-9-3-2-4-10(7-9)11(12,13)14/h2-4,7H,1,6,8H2. The predicted molar refractivity (Wildman–Crippen MR) is 68.0 cm³/mol. The molecule has 0 unspecified atom stereocenters. The highest BCUT2D eigenvalue weighted by Gasteiger charge is 2.30. The summed E-state index contributed by atoms with van der Waals surface area (Å²) < 4.78 is 38.8. The first-order valence-corrected chi connectivity index (χ1v) is 7.12. The molecule has 0 amide bonds. The van der Waals surface area contributed by atoms with Crippen molar-refractivity contribution in [3.8, 4) is 6.07 Å². The van der Waals surface area contributed by atoms with Crippen LogP contribution in [0.5, 0.6) is 0 Å². The van der Waals surface area contributed by atoms with Crippen LogP contribution in [0.3, 0.4) is 0 Å². The number of nitriles is 1. The number of alkyl halides is 3. The SMILES string of the molecule is [CH2]N(CC#N)SSCc1cccc(C(F)(F)F)c1. The number of nitrogens with zero attached hydrogens (tertiary/aromatic N) is 2. The van der Waals surface area contributed by atoms with Crippen LogP contribution in [0.4, 0.5) is 13.2 Å². The lowest BCUT2D eigenvalue weighted by Gasteiger charge is -2.11. The lowest BCUT2D eigenvalue weighted by atomic mass is 10.1. The van der Waals surface area contributed by atoms with E-state index in [-0.39, 0.29) is 6.54 Å². The maximum atomic E-state index is 12.5. The zero-order valence-corrected chi connectivity index (χ0v) is 10.9. The first-order valence-electron chi connectivity index (χ1n) is 4.84. The van der Waals surface area contributed by atoms with Crippen molar-refractivity contribution in [3.05, 3.63) is 42.4 Å². The molecule has 1 rings (SSSR count). The Morgan fingerprint density at radius 2 is 2.11 bits per heavy atom. The highest BCUT2D eigenvalue weighted by Crippen LogP contribution is 2.32. The molecule has 1 aromatic carbocycles. The molecular weight excluding hydrogens is 281 g/mol. The Bertz CT molecular complexity index is 429. The van der Waals surface area contributed by atoms with E-state index in [0.29, 0.717) is 11.3 Å². The second kappa shape index (κ2) is 6.92. The third kappa shape index (κ3) is 5.21. The number of hydrogen-bond donors (Lipinski definition) is 0. The van der Waals surface area contributed by atoms with Crippen LogP contribution < -0.4 is 0 Å². The van der Waals surface area contributed by atoms with Crippen LogP contribution in [0.1, 0.15) is 11.1 Å². The van der Waals surface area contributed by atoms with Gasteiger partial charge in [-0.2, -0.15) is 18.4 Å². The van der Waals surface area contributed by atoms with E-state index in [9.17, 15) is 13.2 Å². The second-order valence-electron chi connectivity index (χ2n) is 3.33. The highest BCUT2D eigenvalue weighted by atomic mass is 33.1. The number of hydrogen-bond acceptors (Lipinski definition) is 4. The van der Waals surface area contributed by atoms with Gasteiger partial charge in [0.05, 0.1) is 18.2 Å². The van der Waals surface area contributed by atoms with Crippen molar-refractivity contribution in [2.75, 3.05) is 6.54 Å². The summed E-state index contributed by atoms with van der Waals surface area (Å²) in [6.45, 7) is 0.167. The van der Waals surface area contributed by atoms with Crippen LogP contribution in [0.25, 0.3) is 0 Å². The molecule has 0 saturated heterocycles. The van der Waals surface area contributed by atoms with Crippen molar-refractivity contribution in [2.24, 2.45) is 0 Å². The van der Waals surface area contributed by atoms with Gasteiger partial charge in [0.25, 0.3) is 0 Å². The molecule has 0 aromatic heterocycles. The van der Waals surface area contributed by atoms with Crippen LogP contribution in [-0.2, 0) is 11.9 Å². The maximum absolute atomic E-state index is 12.5. The lowest BCUT2D eigenvalue weighted by Crippen LogP contribution is -2.05. The zero-order valence-electron chi connectivity index (χ0n) is 9.28. The van der Waals surface area contributed by atoms with Crippen molar-refractivity contribution < 1.29 is 13.2 Å². The first kappa shape index (κ1) is 15.2. The summed E-state index contributed by atoms with van der Waals surface area (Å²) in [4.78, 5) is 0. The summed E-state index contributed by atoms with van der Waals surface area (Å²) >= 11 is 0. The van der Waals surface area contributed by atoms with Gasteiger partial charge in [0.1, 0.15) is 0 Å². The fourth-order valence-electron chi connectivity index (χ4n) is 1.11. The Kier molecular flexibility index (Phi) is 5.85. The van der Waals surface area contributed by atoms with Gasteiger partial charge in [-0.05, 0) is 22.6 Å². The Morgan fingerprint density at radius 3 is 2.72 bits per heavy atom. The van der Waals surface area contributed by atoms with Gasteiger partial charge >= 0.3 is 6.18 Å². The van der Waals surface area contributed by atoms with E-state index in [1.165, 1.54) is 32.1 Å². The molecule has 1 radical (unpaired) electrons. The molecule has 0 fully saturated rings. The largest absolute Gasteiger partial charge is 0.416 e. The molecule has 0 spiro atoms. The van der Waals surface area contributed by atoms with Crippen molar-refractivity contribution in [1.82, 2.24) is 4.31 Å². The summed E-state index contributed by atoms with van der Waals surface area (Å²) in [5.74, 6) is 0.423. The molecule has 7 heteroatoms. The molecule has 0 atom stereocenters. The quantitative estimate of drug-likeness (QED) is 0.463. The van der Waals surface area contributed by atoms with Gasteiger partial charge in [-0.3, -0.25) is 0 Å². The van der Waals surface area contributed by atoms with Crippen molar-refractivity contribution in [3.63, 3.8) is 0 Å². The topological polar surface area (TPSA) is 27.0 Å². The average Bonchev–Trinajstić information content (AvgIpc) is 2.29. The van der Waals surface area contributed by atoms with Gasteiger partial charge in [-0.1, -0.05) is 29.0 Å². The minimum atomic E-state index is -4.31. The Hall–Kier alpha value is -0.840. The van der Waals surface area contributed by atoms with Gasteiger partial charge in [0.15, 0.2) is 0 Å². The van der Waals surface area contributed by atoms with E-state index in [1.807, 2.05) is 6.07 Å². The molecule has 0 bridgehead atoms. The zero-order chi connectivity index (χ0) is 13.6. The van der Waals surface area contributed by atoms with Gasteiger partial charge in [0.2, 0.25) is 0 Å². The number of benzene rings is 1. The van der Waals surface area contributed by atoms with Crippen LogP contribution in [0, 0.1) is 18.4 Å². The summed E-state index contributed by atoms with van der Waals surface area (Å²) in [6.07, 6.45) is -4.31. The third-order valence-electron chi connectivity index (χ3n) is 1.89. The molecule has 0 N–H and O–H groups in total. The molecule has 0 heterocycles. The van der Waals surface area contributed by atoms with Crippen molar-refractivity contribution in [1.29, 1.82) is 5.26 Å². The molecule has 0 aliphatic rings. The fraction of sp³-hybridized carbons (Fsp3) is 0.273. The molecule has 2 nitrogen and oxygen atoms in total. The second-order valence-corrected chi connectivity index (χ2v) is 5.68. The number of halogens is 3. The number of rotatable bonds is 5. The Balaban J connectivity index is 2.51. The smallest absolute Gasteiger partial charge is 0.226 e. The minimum Gasteiger partial charge on any atom is -0.226 e. The highest BCUT2D eigenvalue weighted by molar-refractivity contribution is 8.75. The summed E-state index contributed by atoms with van der Waals surface area (Å²) in [5.41, 5.74) is -0.0539. The van der Waals surface area contributed by atoms with Crippen LogP contribution >= 0.6 is 21.8 Å². The first-order chi connectivity index (χ1) is 8.43. The molecule has 0 saturated carbocycles. The summed E-state index contributed by atoms with van der Waals surface area (Å²) in [5, 5.41) is 8.40. The molecular formula is C11H10F3N2S2. The van der Waals surface area contributed by atoms with Crippen molar-refractivity contribution >= 4 is 21.8 Å². The Morgan fingerprint density at radius 1 is 1.39 bits per heavy atom. The maximum Gasteiger partial charge on any atom is 0.416 e. The summed E-state index contributed by atoms with van der Waals surface area (Å²) in [7, 11) is 6.17. The molecule has 18 heavy (non-hydrogen) atoms. The van der Waals surface area contributed by atoms with Gasteiger partial charge in [-0.15, -0.1) is 0 Å². The summed E-state index contributed by atoms with van der Waals surface area (Å²) in [6, 6.07) is 7.13. The third-order valence-corrected chi connectivity index (χ3v) is 4.08. The van der Waals surface area contributed by atoms with E-state index in [1.54, 1.807) is 6.07 Å². The molecule has 0 aliphatic carbocycles. The monoisotopic (exact) mass is 291 g/mol. The van der Waals surface area contributed by atoms with E-state index in [2.05, 4.69) is 7.05 Å². The molecule has 1 aromatic rings. The van der Waals surface area contributed by atoms with Gasteiger partial charge < -0.3 is 0 Å². The van der Waals surface area contributed by atoms with Crippen LogP contribution in [0.15, 0.2) is 24.3 Å². The van der Waals surface area contributed by atoms with Gasteiger partial charge in [-0.25, -0.2) is 4.31 Å². The average molecular weight is 291 g/mol. The fourth-order valence-corrected chi connectivity index (χ4v) is 2.91. The van der Waals surface area contributed by atoms with Crippen LogP contribution in [-0.4, -0.2) is 10.8 Å². The molecule has 97 valence electrons. The normalized spacial score (nSPS) is 11.6. The van der Waals surface area contributed by atoms with E-state index < -0.39 is 11.7 Å². The van der Waals surface area contributed by atoms with E-state index >= 15 is 0 Å². The van der Waals surface area contributed by atoms with Crippen molar-refractivity contribution in [2.45, 2.75) is 11.9 Å². The predicted octanol–water partition coefficient (Wildman–Crippen LogP) is 4.12. The minimum absolute atomic E-state index is 0.167. The Labute approximate surface area is 112 Å². The molecule has 0 aliphatic heterocycles. The van der Waals surface area contributed by atoms with E-state index in [0.717, 1.165) is 12.1 Å².